The molecule has 0 radical (unpaired) electrons. The predicted octanol–water partition coefficient (Wildman–Crippen LogP) is 6.78. The van der Waals surface area contributed by atoms with Crippen molar-refractivity contribution >= 4 is 101 Å². The van der Waals surface area contributed by atoms with E-state index in [1.165, 1.54) is 0 Å². The molecule has 0 aliphatic heterocycles. The van der Waals surface area contributed by atoms with Crippen molar-refractivity contribution in [2.24, 2.45) is 5.10 Å². The number of anilines is 3. The van der Waals surface area contributed by atoms with Gasteiger partial charge in [-0.3, -0.25) is 5.43 Å². The van der Waals surface area contributed by atoms with Gasteiger partial charge in [0.15, 0.2) is 11.6 Å². The number of aromatic amines is 2. The van der Waals surface area contributed by atoms with Crippen LogP contribution >= 0.6 is 55.1 Å². The number of imidazole rings is 1. The summed E-state index contributed by atoms with van der Waals surface area (Å²) in [6.45, 7) is 0.205. The molecule has 6 rings (SSSR count). The lowest BCUT2D eigenvalue weighted by molar-refractivity contribution is 0.304. The van der Waals surface area contributed by atoms with Crippen molar-refractivity contribution in [3.8, 4) is 5.75 Å². The molecule has 0 spiro atoms. The number of benzene rings is 3. The zero-order valence-corrected chi connectivity index (χ0v) is 25.1. The van der Waals surface area contributed by atoms with E-state index in [1.807, 2.05) is 12.1 Å². The summed E-state index contributed by atoms with van der Waals surface area (Å²) < 4.78 is 12.4. The molecule has 0 fully saturated rings. The van der Waals surface area contributed by atoms with E-state index in [9.17, 15) is 4.79 Å². The van der Waals surface area contributed by atoms with Crippen LogP contribution in [0.1, 0.15) is 11.1 Å². The van der Waals surface area contributed by atoms with E-state index in [2.05, 4.69) is 78.0 Å². The van der Waals surface area contributed by atoms with Gasteiger partial charge in [-0.2, -0.15) is 10.1 Å². The van der Waals surface area contributed by atoms with Crippen molar-refractivity contribution < 1.29 is 9.37 Å². The van der Waals surface area contributed by atoms with E-state index in [4.69, 9.17) is 32.6 Å². The topological polar surface area (TPSA) is 159 Å². The first kappa shape index (κ1) is 27.2. The SMILES string of the molecule is O=c1[nH]c2ccc(Nc3nc4nonc4nc3NN=Cc3cc(Br)cc(Br)c3OCc3ccc(Cl)cc3Cl)cc2[nH]1. The van der Waals surface area contributed by atoms with Gasteiger partial charge in [-0.1, -0.05) is 45.2 Å². The average molecular weight is 720 g/mol. The minimum atomic E-state index is -0.303. The van der Waals surface area contributed by atoms with Gasteiger partial charge < -0.3 is 20.0 Å². The number of H-pyrrole nitrogens is 2. The summed E-state index contributed by atoms with van der Waals surface area (Å²) >= 11 is 19.4. The smallest absolute Gasteiger partial charge is 0.323 e. The van der Waals surface area contributed by atoms with Gasteiger partial charge in [0.1, 0.15) is 12.4 Å². The molecule has 4 N–H and O–H groups in total. The Morgan fingerprint density at radius 2 is 1.76 bits per heavy atom. The number of ether oxygens (including phenoxy) is 1. The number of fused-ring (bicyclic) bond motifs is 2. The van der Waals surface area contributed by atoms with Crippen LogP contribution in [0.4, 0.5) is 17.3 Å². The Hall–Kier alpha value is -3.98. The second-order valence-electron chi connectivity index (χ2n) is 8.50. The van der Waals surface area contributed by atoms with E-state index >= 15 is 0 Å². The Labute approximate surface area is 256 Å². The number of halogens is 4. The largest absolute Gasteiger partial charge is 0.487 e. The molecule has 0 aliphatic rings. The second-order valence-corrected chi connectivity index (χ2v) is 11.1. The summed E-state index contributed by atoms with van der Waals surface area (Å²) in [6, 6.07) is 14.2. The van der Waals surface area contributed by atoms with Crippen LogP contribution < -0.4 is 21.2 Å². The third-order valence-electron chi connectivity index (χ3n) is 5.69. The first-order valence-electron chi connectivity index (χ1n) is 11.7. The van der Waals surface area contributed by atoms with E-state index < -0.39 is 0 Å². The normalized spacial score (nSPS) is 11.5. The zero-order valence-electron chi connectivity index (χ0n) is 20.4. The molecule has 3 aromatic carbocycles. The van der Waals surface area contributed by atoms with E-state index in [-0.39, 0.29) is 29.4 Å². The van der Waals surface area contributed by atoms with Gasteiger partial charge in [0.2, 0.25) is 11.3 Å². The maximum atomic E-state index is 11.6. The lowest BCUT2D eigenvalue weighted by atomic mass is 10.2. The molecule has 0 unspecified atom stereocenters. The lowest BCUT2D eigenvalue weighted by Gasteiger charge is -2.13. The van der Waals surface area contributed by atoms with Crippen LogP contribution in [0.15, 0.2) is 72.0 Å². The number of nitrogens with zero attached hydrogens (tertiary/aromatic N) is 5. The van der Waals surface area contributed by atoms with Crippen LogP contribution in [-0.4, -0.2) is 36.5 Å². The van der Waals surface area contributed by atoms with Crippen LogP contribution in [0.25, 0.3) is 22.3 Å². The molecule has 0 saturated heterocycles. The molecule has 0 amide bonds. The molecular formula is C25H15Br2Cl2N9O3. The quantitative estimate of drug-likeness (QED) is 0.0982. The minimum Gasteiger partial charge on any atom is -0.487 e. The Morgan fingerprint density at radius 3 is 2.56 bits per heavy atom. The molecule has 206 valence electrons. The Morgan fingerprint density at radius 1 is 0.976 bits per heavy atom. The van der Waals surface area contributed by atoms with Crippen molar-refractivity contribution in [1.29, 1.82) is 0 Å². The summed E-state index contributed by atoms with van der Waals surface area (Å²) in [6.07, 6.45) is 1.57. The summed E-state index contributed by atoms with van der Waals surface area (Å²) in [5.41, 5.74) is 6.33. The summed E-state index contributed by atoms with van der Waals surface area (Å²) in [5, 5.41) is 16.1. The van der Waals surface area contributed by atoms with Crippen molar-refractivity contribution in [1.82, 2.24) is 30.2 Å². The molecule has 6 aromatic rings. The fourth-order valence-corrected chi connectivity index (χ4v) is 5.67. The molecular weight excluding hydrogens is 705 g/mol. The number of nitrogens with one attached hydrogen (secondary N) is 4. The van der Waals surface area contributed by atoms with Crippen LogP contribution in [-0.2, 0) is 6.61 Å². The maximum absolute atomic E-state index is 11.6. The molecule has 0 saturated carbocycles. The first-order chi connectivity index (χ1) is 19.8. The van der Waals surface area contributed by atoms with Crippen LogP contribution in [0.5, 0.6) is 5.75 Å². The fraction of sp³-hybridized carbons (Fsp3) is 0.0400. The van der Waals surface area contributed by atoms with E-state index in [1.54, 1.807) is 42.6 Å². The highest BCUT2D eigenvalue weighted by Crippen LogP contribution is 2.34. The molecule has 12 nitrogen and oxygen atoms in total. The van der Waals surface area contributed by atoms with Gasteiger partial charge in [0.25, 0.3) is 0 Å². The minimum absolute atomic E-state index is 0.188. The summed E-state index contributed by atoms with van der Waals surface area (Å²) in [4.78, 5) is 25.9. The number of hydrazone groups is 1. The summed E-state index contributed by atoms with van der Waals surface area (Å²) in [5.74, 6) is 1.09. The van der Waals surface area contributed by atoms with Crippen LogP contribution in [0, 0.1) is 0 Å². The number of hydrogen-bond donors (Lipinski definition) is 4. The van der Waals surface area contributed by atoms with Gasteiger partial charge in [-0.25, -0.2) is 14.4 Å². The Bertz CT molecular complexity index is 2010. The highest BCUT2D eigenvalue weighted by atomic mass is 79.9. The zero-order chi connectivity index (χ0) is 28.5. The van der Waals surface area contributed by atoms with Crippen LogP contribution in [0.3, 0.4) is 0 Å². The fourth-order valence-electron chi connectivity index (χ4n) is 3.83. The first-order valence-corrected chi connectivity index (χ1v) is 14.0. The van der Waals surface area contributed by atoms with Gasteiger partial charge in [0.05, 0.1) is 21.7 Å². The highest BCUT2D eigenvalue weighted by molar-refractivity contribution is 9.11. The molecule has 0 aliphatic carbocycles. The second kappa shape index (κ2) is 11.5. The number of hydrogen-bond acceptors (Lipinski definition) is 10. The Balaban J connectivity index is 1.27. The highest BCUT2D eigenvalue weighted by Gasteiger charge is 2.15. The van der Waals surface area contributed by atoms with E-state index in [0.29, 0.717) is 48.4 Å². The van der Waals surface area contributed by atoms with E-state index in [0.717, 1.165) is 10.0 Å². The third-order valence-corrected chi connectivity index (χ3v) is 7.33. The predicted molar refractivity (Wildman–Crippen MR) is 163 cm³/mol. The third kappa shape index (κ3) is 6.05. The molecule has 3 heterocycles. The van der Waals surface area contributed by atoms with Crippen molar-refractivity contribution in [2.75, 3.05) is 10.7 Å². The van der Waals surface area contributed by atoms with Gasteiger partial charge >= 0.3 is 5.69 Å². The van der Waals surface area contributed by atoms with Crippen molar-refractivity contribution in [2.45, 2.75) is 6.61 Å². The van der Waals surface area contributed by atoms with Gasteiger partial charge in [-0.05, 0) is 68.7 Å². The van der Waals surface area contributed by atoms with Crippen LogP contribution in [0.2, 0.25) is 10.0 Å². The van der Waals surface area contributed by atoms with Crippen molar-refractivity contribution in [3.05, 3.63) is 89.1 Å². The van der Waals surface area contributed by atoms with Gasteiger partial charge in [0, 0.05) is 31.3 Å². The average Bonchev–Trinajstić information content (AvgIpc) is 3.53. The molecule has 3 aromatic heterocycles. The maximum Gasteiger partial charge on any atom is 0.323 e. The number of rotatable bonds is 8. The van der Waals surface area contributed by atoms with Crippen molar-refractivity contribution in [3.63, 3.8) is 0 Å². The molecule has 0 atom stereocenters. The summed E-state index contributed by atoms with van der Waals surface area (Å²) in [7, 11) is 0. The molecule has 41 heavy (non-hydrogen) atoms. The van der Waals surface area contributed by atoms with Gasteiger partial charge in [-0.15, -0.1) is 0 Å². The lowest BCUT2D eigenvalue weighted by Crippen LogP contribution is -2.04. The Kier molecular flexibility index (Phi) is 7.62. The monoisotopic (exact) mass is 717 g/mol. The standard InChI is InChI=1S/C25H15Br2Cl2N9O3/c26-13-5-12(20(16(27)6-13)40-10-11-1-2-14(28)7-17(11)29)9-30-36-22-21(34-23-24(35-22)38-41-37-23)31-15-3-4-18-19(8-15)33-25(39)32-18/h1-9H,10H2,(H,31,34,37)(H2,32,33,39)(H,35,36,38). The number of aromatic nitrogens is 6. The molecule has 0 bridgehead atoms. The molecule has 16 heteroatoms.